The molecule has 0 aliphatic carbocycles. The van der Waals surface area contributed by atoms with Gasteiger partial charge >= 0.3 is 0 Å². The molecule has 23 heavy (non-hydrogen) atoms. The average molecular weight is 314 g/mol. The number of aromatic nitrogens is 2. The van der Waals surface area contributed by atoms with Crippen LogP contribution in [0.15, 0.2) is 42.9 Å². The molecule has 2 heterocycles. The highest BCUT2D eigenvalue weighted by Gasteiger charge is 2.20. The normalized spacial score (nSPS) is 15.4. The molecular weight excluding hydrogens is 295 g/mol. The van der Waals surface area contributed by atoms with Gasteiger partial charge < -0.3 is 10.2 Å². The Bertz CT molecular complexity index is 639. The lowest BCUT2D eigenvalue weighted by atomic mass is 9.96. The molecule has 0 atom stereocenters. The molecule has 1 aromatic heterocycles. The van der Waals surface area contributed by atoms with E-state index in [1.54, 1.807) is 18.6 Å². The van der Waals surface area contributed by atoms with E-state index < -0.39 is 0 Å². The van der Waals surface area contributed by atoms with Crippen molar-refractivity contribution >= 4 is 11.7 Å². The number of carbonyl (C=O) groups excluding carboxylic acids is 1. The van der Waals surface area contributed by atoms with Crippen LogP contribution in [0.3, 0.4) is 0 Å². The van der Waals surface area contributed by atoms with Gasteiger partial charge in [-0.2, -0.15) is 0 Å². The number of benzene rings is 1. The number of hydrogen-bond acceptors (Lipinski definition) is 4. The SMILES string of the molecule is O=C(NCC1CCN(c2cnccn2)CC1)c1ccc(F)cc1. The fourth-order valence-electron chi connectivity index (χ4n) is 2.76. The van der Waals surface area contributed by atoms with E-state index in [-0.39, 0.29) is 11.7 Å². The molecule has 120 valence electrons. The van der Waals surface area contributed by atoms with Gasteiger partial charge in [0.05, 0.1) is 6.20 Å². The van der Waals surface area contributed by atoms with Crippen LogP contribution in [-0.2, 0) is 0 Å². The molecule has 1 amide bonds. The van der Waals surface area contributed by atoms with E-state index in [1.807, 2.05) is 0 Å². The maximum atomic E-state index is 12.9. The molecule has 1 fully saturated rings. The lowest BCUT2D eigenvalue weighted by Crippen LogP contribution is -2.39. The third-order valence-corrected chi connectivity index (χ3v) is 4.15. The first-order chi connectivity index (χ1) is 11.2. The van der Waals surface area contributed by atoms with Crippen molar-refractivity contribution in [3.63, 3.8) is 0 Å². The van der Waals surface area contributed by atoms with Crippen LogP contribution in [0, 0.1) is 11.7 Å². The minimum absolute atomic E-state index is 0.152. The summed E-state index contributed by atoms with van der Waals surface area (Å²) in [5.41, 5.74) is 0.489. The van der Waals surface area contributed by atoms with E-state index in [9.17, 15) is 9.18 Å². The second-order valence-corrected chi connectivity index (χ2v) is 5.71. The topological polar surface area (TPSA) is 58.1 Å². The first-order valence-electron chi connectivity index (χ1n) is 7.77. The summed E-state index contributed by atoms with van der Waals surface area (Å²) < 4.78 is 12.9. The molecular formula is C17H19FN4O. The Labute approximate surface area is 134 Å². The summed E-state index contributed by atoms with van der Waals surface area (Å²) in [6, 6.07) is 5.60. The summed E-state index contributed by atoms with van der Waals surface area (Å²) in [7, 11) is 0. The number of amides is 1. The van der Waals surface area contributed by atoms with Crippen molar-refractivity contribution in [2.45, 2.75) is 12.8 Å². The zero-order chi connectivity index (χ0) is 16.1. The molecule has 3 rings (SSSR count). The van der Waals surface area contributed by atoms with Crippen LogP contribution in [0.4, 0.5) is 10.2 Å². The molecule has 1 aliphatic rings. The number of piperidine rings is 1. The van der Waals surface area contributed by atoms with Crippen molar-refractivity contribution in [3.05, 3.63) is 54.2 Å². The third-order valence-electron chi connectivity index (χ3n) is 4.15. The monoisotopic (exact) mass is 314 g/mol. The summed E-state index contributed by atoms with van der Waals surface area (Å²) in [5, 5.41) is 2.93. The Kier molecular flexibility index (Phi) is 4.80. The molecule has 1 N–H and O–H groups in total. The quantitative estimate of drug-likeness (QED) is 0.940. The van der Waals surface area contributed by atoms with Gasteiger partial charge in [-0.25, -0.2) is 9.37 Å². The van der Waals surface area contributed by atoms with Crippen molar-refractivity contribution in [2.75, 3.05) is 24.5 Å². The lowest BCUT2D eigenvalue weighted by molar-refractivity contribution is 0.0945. The molecule has 0 spiro atoms. The molecule has 2 aromatic rings. The number of carbonyl (C=O) groups is 1. The van der Waals surface area contributed by atoms with E-state index in [0.29, 0.717) is 18.0 Å². The maximum Gasteiger partial charge on any atom is 0.251 e. The Morgan fingerprint density at radius 1 is 1.22 bits per heavy atom. The second-order valence-electron chi connectivity index (χ2n) is 5.71. The number of nitrogens with zero attached hydrogens (tertiary/aromatic N) is 3. The molecule has 5 nitrogen and oxygen atoms in total. The Morgan fingerprint density at radius 2 is 1.96 bits per heavy atom. The number of nitrogens with one attached hydrogen (secondary N) is 1. The number of hydrogen-bond donors (Lipinski definition) is 1. The minimum atomic E-state index is -0.335. The average Bonchev–Trinajstić information content (AvgIpc) is 2.61. The molecule has 1 saturated heterocycles. The van der Waals surface area contributed by atoms with Crippen molar-refractivity contribution in [1.82, 2.24) is 15.3 Å². The summed E-state index contributed by atoms with van der Waals surface area (Å²) in [5.74, 6) is 0.868. The molecule has 1 aliphatic heterocycles. The predicted octanol–water partition coefficient (Wildman–Crippen LogP) is 2.26. The minimum Gasteiger partial charge on any atom is -0.355 e. The van der Waals surface area contributed by atoms with Crippen LogP contribution in [0.25, 0.3) is 0 Å². The van der Waals surface area contributed by atoms with Gasteiger partial charge in [-0.15, -0.1) is 0 Å². The fraction of sp³-hybridized carbons (Fsp3) is 0.353. The fourth-order valence-corrected chi connectivity index (χ4v) is 2.76. The van der Waals surface area contributed by atoms with E-state index in [1.165, 1.54) is 24.3 Å². The van der Waals surface area contributed by atoms with Crippen LogP contribution < -0.4 is 10.2 Å². The molecule has 0 bridgehead atoms. The first kappa shape index (κ1) is 15.4. The lowest BCUT2D eigenvalue weighted by Gasteiger charge is -2.32. The molecule has 0 unspecified atom stereocenters. The van der Waals surface area contributed by atoms with Crippen LogP contribution in [0.1, 0.15) is 23.2 Å². The standard InChI is InChI=1S/C17H19FN4O/c18-15-3-1-14(2-4-15)17(23)21-11-13-5-9-22(10-6-13)16-12-19-7-8-20-16/h1-4,7-8,12-13H,5-6,9-11H2,(H,21,23). The van der Waals surface area contributed by atoms with E-state index in [0.717, 1.165) is 31.7 Å². The highest BCUT2D eigenvalue weighted by atomic mass is 19.1. The molecule has 1 aromatic carbocycles. The first-order valence-corrected chi connectivity index (χ1v) is 7.77. The summed E-state index contributed by atoms with van der Waals surface area (Å²) in [4.78, 5) is 22.6. The van der Waals surface area contributed by atoms with E-state index in [4.69, 9.17) is 0 Å². The zero-order valence-electron chi connectivity index (χ0n) is 12.8. The summed E-state index contributed by atoms with van der Waals surface area (Å²) in [6.45, 7) is 2.47. The van der Waals surface area contributed by atoms with Gasteiger partial charge in [0, 0.05) is 37.6 Å². The Balaban J connectivity index is 1.46. The van der Waals surface area contributed by atoms with Gasteiger partial charge in [-0.1, -0.05) is 0 Å². The highest BCUT2D eigenvalue weighted by molar-refractivity contribution is 5.94. The molecule has 6 heteroatoms. The van der Waals surface area contributed by atoms with Gasteiger partial charge in [0.15, 0.2) is 0 Å². The van der Waals surface area contributed by atoms with Gasteiger partial charge in [-0.3, -0.25) is 9.78 Å². The summed E-state index contributed by atoms with van der Waals surface area (Å²) >= 11 is 0. The van der Waals surface area contributed by atoms with Crippen molar-refractivity contribution in [1.29, 1.82) is 0 Å². The number of anilines is 1. The largest absolute Gasteiger partial charge is 0.355 e. The maximum absolute atomic E-state index is 12.9. The van der Waals surface area contributed by atoms with E-state index >= 15 is 0 Å². The van der Waals surface area contributed by atoms with E-state index in [2.05, 4.69) is 20.2 Å². The van der Waals surface area contributed by atoms with Crippen LogP contribution in [0.2, 0.25) is 0 Å². The number of halogens is 1. The van der Waals surface area contributed by atoms with Crippen LogP contribution >= 0.6 is 0 Å². The zero-order valence-corrected chi connectivity index (χ0v) is 12.8. The van der Waals surface area contributed by atoms with Crippen molar-refractivity contribution in [2.24, 2.45) is 5.92 Å². The van der Waals surface area contributed by atoms with Gasteiger partial charge in [-0.05, 0) is 43.0 Å². The van der Waals surface area contributed by atoms with Gasteiger partial charge in [0.1, 0.15) is 11.6 Å². The molecule has 0 radical (unpaired) electrons. The summed E-state index contributed by atoms with van der Waals surface area (Å²) in [6.07, 6.45) is 7.14. The Hall–Kier alpha value is -2.50. The smallest absolute Gasteiger partial charge is 0.251 e. The number of rotatable bonds is 4. The molecule has 0 saturated carbocycles. The Morgan fingerprint density at radius 3 is 2.61 bits per heavy atom. The second kappa shape index (κ2) is 7.17. The van der Waals surface area contributed by atoms with Gasteiger partial charge in [0.2, 0.25) is 0 Å². The predicted molar refractivity (Wildman–Crippen MR) is 85.7 cm³/mol. The van der Waals surface area contributed by atoms with Crippen LogP contribution in [0.5, 0.6) is 0 Å². The van der Waals surface area contributed by atoms with Crippen molar-refractivity contribution in [3.8, 4) is 0 Å². The van der Waals surface area contributed by atoms with Crippen LogP contribution in [-0.4, -0.2) is 35.5 Å². The highest BCUT2D eigenvalue weighted by Crippen LogP contribution is 2.20. The van der Waals surface area contributed by atoms with Crippen molar-refractivity contribution < 1.29 is 9.18 Å². The van der Waals surface area contributed by atoms with Gasteiger partial charge in [0.25, 0.3) is 5.91 Å². The third kappa shape index (κ3) is 4.03.